The van der Waals surface area contributed by atoms with Crippen molar-refractivity contribution in [2.75, 3.05) is 6.54 Å². The molecule has 1 atom stereocenters. The number of carbonyl (C=O) groups excluding carboxylic acids is 2. The quantitative estimate of drug-likeness (QED) is 0.758. The van der Waals surface area contributed by atoms with Crippen LogP contribution in [0.3, 0.4) is 0 Å². The largest absolute Gasteiger partial charge is 0.444 e. The lowest BCUT2D eigenvalue weighted by molar-refractivity contribution is -0.121. The molecular formula is C17H19BrN2O3S. The molecule has 2 heterocycles. The zero-order valence-corrected chi connectivity index (χ0v) is 15.5. The minimum absolute atomic E-state index is 0.0367. The SMILES string of the molecule is O=C(CNC(=O)c1ccc(Br)o1)NC(c1cccs1)C1CCCC1. The van der Waals surface area contributed by atoms with Crippen LogP contribution in [-0.2, 0) is 4.79 Å². The first-order valence-corrected chi connectivity index (χ1v) is 9.67. The highest BCUT2D eigenvalue weighted by atomic mass is 79.9. The van der Waals surface area contributed by atoms with Crippen molar-refractivity contribution in [3.63, 3.8) is 0 Å². The van der Waals surface area contributed by atoms with E-state index in [9.17, 15) is 9.59 Å². The van der Waals surface area contributed by atoms with E-state index in [1.165, 1.54) is 17.7 Å². The highest BCUT2D eigenvalue weighted by molar-refractivity contribution is 9.10. The molecule has 0 saturated heterocycles. The first-order chi connectivity index (χ1) is 11.6. The molecular weight excluding hydrogens is 392 g/mol. The van der Waals surface area contributed by atoms with Crippen LogP contribution in [0.4, 0.5) is 0 Å². The molecule has 5 nitrogen and oxygen atoms in total. The van der Waals surface area contributed by atoms with Gasteiger partial charge < -0.3 is 15.1 Å². The van der Waals surface area contributed by atoms with Crippen LogP contribution >= 0.6 is 27.3 Å². The minimum atomic E-state index is -0.399. The van der Waals surface area contributed by atoms with Crippen LogP contribution in [0.15, 0.2) is 38.7 Å². The number of rotatable bonds is 6. The smallest absolute Gasteiger partial charge is 0.287 e. The number of hydrogen-bond donors (Lipinski definition) is 2. The third-order valence-corrected chi connectivity index (χ3v) is 5.63. The highest BCUT2D eigenvalue weighted by Gasteiger charge is 2.28. The van der Waals surface area contributed by atoms with Gasteiger partial charge in [0.1, 0.15) is 0 Å². The molecule has 1 aliphatic carbocycles. The van der Waals surface area contributed by atoms with Gasteiger partial charge in [-0.1, -0.05) is 18.9 Å². The van der Waals surface area contributed by atoms with Crippen LogP contribution in [0, 0.1) is 5.92 Å². The van der Waals surface area contributed by atoms with Crippen molar-refractivity contribution in [3.05, 3.63) is 45.0 Å². The molecule has 0 aliphatic heterocycles. The van der Waals surface area contributed by atoms with E-state index >= 15 is 0 Å². The van der Waals surface area contributed by atoms with Gasteiger partial charge in [0.2, 0.25) is 5.91 Å². The summed E-state index contributed by atoms with van der Waals surface area (Å²) in [6.45, 7) is -0.0637. The topological polar surface area (TPSA) is 71.3 Å². The molecule has 1 unspecified atom stereocenters. The second-order valence-electron chi connectivity index (χ2n) is 5.89. The summed E-state index contributed by atoms with van der Waals surface area (Å²) >= 11 is 4.81. The maximum absolute atomic E-state index is 12.3. The standard InChI is InChI=1S/C17H19BrN2O3S/c18-14-8-7-12(23-14)17(22)19-10-15(21)20-16(11-4-1-2-5-11)13-6-3-9-24-13/h3,6-9,11,16H,1-2,4-5,10H2,(H,19,22)(H,20,21). The van der Waals surface area contributed by atoms with Gasteiger partial charge in [0.25, 0.3) is 5.91 Å². The van der Waals surface area contributed by atoms with Crippen molar-refractivity contribution in [1.82, 2.24) is 10.6 Å². The van der Waals surface area contributed by atoms with Crippen LogP contribution in [0.25, 0.3) is 0 Å². The molecule has 0 bridgehead atoms. The predicted molar refractivity (Wildman–Crippen MR) is 95.9 cm³/mol. The number of furan rings is 1. The zero-order chi connectivity index (χ0) is 16.9. The fourth-order valence-electron chi connectivity index (χ4n) is 3.09. The van der Waals surface area contributed by atoms with Crippen molar-refractivity contribution in [2.24, 2.45) is 5.92 Å². The maximum Gasteiger partial charge on any atom is 0.287 e. The summed E-state index contributed by atoms with van der Waals surface area (Å²) in [6.07, 6.45) is 4.70. The Kier molecular flexibility index (Phi) is 5.73. The van der Waals surface area contributed by atoms with Crippen LogP contribution in [-0.4, -0.2) is 18.4 Å². The first-order valence-electron chi connectivity index (χ1n) is 8.00. The second-order valence-corrected chi connectivity index (χ2v) is 7.65. The van der Waals surface area contributed by atoms with Crippen LogP contribution in [0.5, 0.6) is 0 Å². The Morgan fingerprint density at radius 2 is 2.08 bits per heavy atom. The number of amides is 2. The van der Waals surface area contributed by atoms with E-state index < -0.39 is 5.91 Å². The monoisotopic (exact) mass is 410 g/mol. The summed E-state index contributed by atoms with van der Waals surface area (Å²) in [5.41, 5.74) is 0. The van der Waals surface area contributed by atoms with Gasteiger partial charge in [-0.05, 0) is 58.3 Å². The van der Waals surface area contributed by atoms with Gasteiger partial charge in [0.05, 0.1) is 12.6 Å². The second kappa shape index (κ2) is 7.98. The Hall–Kier alpha value is -1.60. The molecule has 0 radical (unpaired) electrons. The lowest BCUT2D eigenvalue weighted by atomic mass is 9.96. The van der Waals surface area contributed by atoms with Crippen molar-refractivity contribution in [1.29, 1.82) is 0 Å². The average Bonchev–Trinajstić information content (AvgIpc) is 3.31. The van der Waals surface area contributed by atoms with E-state index in [0.29, 0.717) is 10.6 Å². The van der Waals surface area contributed by atoms with Crippen molar-refractivity contribution in [2.45, 2.75) is 31.7 Å². The van der Waals surface area contributed by atoms with Gasteiger partial charge >= 0.3 is 0 Å². The molecule has 2 aromatic heterocycles. The van der Waals surface area contributed by atoms with Crippen molar-refractivity contribution >= 4 is 39.1 Å². The number of halogens is 1. The van der Waals surface area contributed by atoms with Crippen molar-refractivity contribution < 1.29 is 14.0 Å². The van der Waals surface area contributed by atoms with E-state index in [4.69, 9.17) is 4.42 Å². The number of thiophene rings is 1. The van der Waals surface area contributed by atoms with Crippen molar-refractivity contribution in [3.8, 4) is 0 Å². The Labute approximate surface area is 152 Å². The Balaban J connectivity index is 1.56. The molecule has 1 saturated carbocycles. The summed E-state index contributed by atoms with van der Waals surface area (Å²) in [5, 5.41) is 7.71. The fourth-order valence-corrected chi connectivity index (χ4v) is 4.26. The van der Waals surface area contributed by atoms with E-state index in [1.807, 2.05) is 11.4 Å². The van der Waals surface area contributed by atoms with E-state index in [1.54, 1.807) is 23.5 Å². The molecule has 3 rings (SSSR count). The Morgan fingerprint density at radius 3 is 2.71 bits per heavy atom. The number of nitrogens with one attached hydrogen (secondary N) is 2. The Morgan fingerprint density at radius 1 is 1.29 bits per heavy atom. The Bertz CT molecular complexity index is 693. The third kappa shape index (κ3) is 4.27. The molecule has 0 spiro atoms. The summed E-state index contributed by atoms with van der Waals surface area (Å²) < 4.78 is 5.66. The lowest BCUT2D eigenvalue weighted by Gasteiger charge is -2.23. The molecule has 128 valence electrons. The maximum atomic E-state index is 12.3. The predicted octanol–water partition coefficient (Wildman–Crippen LogP) is 3.88. The molecule has 2 N–H and O–H groups in total. The van der Waals surface area contributed by atoms with Gasteiger partial charge in [-0.25, -0.2) is 0 Å². The van der Waals surface area contributed by atoms with E-state index in [0.717, 1.165) is 12.8 Å². The van der Waals surface area contributed by atoms with Gasteiger partial charge in [-0.2, -0.15) is 0 Å². The van der Waals surface area contributed by atoms with Gasteiger partial charge in [-0.3, -0.25) is 9.59 Å². The zero-order valence-electron chi connectivity index (χ0n) is 13.1. The lowest BCUT2D eigenvalue weighted by Crippen LogP contribution is -2.40. The first kappa shape index (κ1) is 17.2. The van der Waals surface area contributed by atoms with Gasteiger partial charge in [-0.15, -0.1) is 11.3 Å². The number of hydrogen-bond acceptors (Lipinski definition) is 4. The molecule has 0 aromatic carbocycles. The van der Waals surface area contributed by atoms with E-state index in [2.05, 4.69) is 32.6 Å². The molecule has 7 heteroatoms. The molecule has 24 heavy (non-hydrogen) atoms. The van der Waals surface area contributed by atoms with Crippen LogP contribution in [0.1, 0.15) is 47.2 Å². The molecule has 1 fully saturated rings. The van der Waals surface area contributed by atoms with Gasteiger partial charge in [0, 0.05) is 4.88 Å². The van der Waals surface area contributed by atoms with E-state index in [-0.39, 0.29) is 24.3 Å². The number of carbonyl (C=O) groups is 2. The third-order valence-electron chi connectivity index (χ3n) is 4.24. The van der Waals surface area contributed by atoms with Crippen LogP contribution in [0.2, 0.25) is 0 Å². The summed E-state index contributed by atoms with van der Waals surface area (Å²) in [6, 6.07) is 7.30. The molecule has 2 amide bonds. The highest BCUT2D eigenvalue weighted by Crippen LogP contribution is 2.37. The minimum Gasteiger partial charge on any atom is -0.444 e. The average molecular weight is 411 g/mol. The van der Waals surface area contributed by atoms with Gasteiger partial charge in [0.15, 0.2) is 10.4 Å². The summed E-state index contributed by atoms with van der Waals surface area (Å²) in [4.78, 5) is 25.4. The summed E-state index contributed by atoms with van der Waals surface area (Å²) in [7, 11) is 0. The summed E-state index contributed by atoms with van der Waals surface area (Å²) in [5.74, 6) is 0.0771. The normalized spacial score (nSPS) is 16.0. The molecule has 2 aromatic rings. The fraction of sp³-hybridized carbons (Fsp3) is 0.412. The molecule has 1 aliphatic rings. The van der Waals surface area contributed by atoms with Crippen LogP contribution < -0.4 is 10.6 Å².